The number of nitrogens with zero attached hydrogens (tertiary/aromatic N) is 1. The molecule has 3 N–H and O–H groups in total. The smallest absolute Gasteiger partial charge is 0.327 e. The molecule has 0 aliphatic carbocycles. The minimum absolute atomic E-state index is 0.352. The molecule has 0 radical (unpaired) electrons. The van der Waals surface area contributed by atoms with Crippen molar-refractivity contribution in [1.82, 2.24) is 0 Å². The number of benzene rings is 2. The molecule has 0 saturated carbocycles. The molecule has 1 atom stereocenters. The fraction of sp³-hybridized carbons (Fsp3) is 0.125. The topological polar surface area (TPSA) is 75.4 Å². The number of rotatable bonds is 2. The van der Waals surface area contributed by atoms with Crippen LogP contribution in [0.15, 0.2) is 54.6 Å². The first-order valence-electron chi connectivity index (χ1n) is 6.69. The van der Waals surface area contributed by atoms with Gasteiger partial charge < -0.3 is 11.1 Å². The van der Waals surface area contributed by atoms with Gasteiger partial charge in [-0.05, 0) is 23.8 Å². The van der Waals surface area contributed by atoms with Gasteiger partial charge in [0.25, 0.3) is 0 Å². The third kappa shape index (κ3) is 2.45. The van der Waals surface area contributed by atoms with Crippen molar-refractivity contribution in [2.45, 2.75) is 12.5 Å². The van der Waals surface area contributed by atoms with Crippen molar-refractivity contribution in [3.8, 4) is 0 Å². The lowest BCUT2D eigenvalue weighted by molar-refractivity contribution is -0.119. The highest BCUT2D eigenvalue weighted by Gasteiger charge is 2.37. The second kappa shape index (κ2) is 5.28. The number of urea groups is 1. The maximum absolute atomic E-state index is 12.5. The molecule has 0 bridgehead atoms. The van der Waals surface area contributed by atoms with E-state index >= 15 is 0 Å². The molecule has 0 aromatic heterocycles. The summed E-state index contributed by atoms with van der Waals surface area (Å²) in [5.41, 5.74) is 7.79. The van der Waals surface area contributed by atoms with Crippen molar-refractivity contribution >= 4 is 23.3 Å². The zero-order valence-corrected chi connectivity index (χ0v) is 11.3. The Labute approximate surface area is 122 Å². The second-order valence-corrected chi connectivity index (χ2v) is 4.92. The summed E-state index contributed by atoms with van der Waals surface area (Å²) >= 11 is 0. The molecule has 0 unspecified atom stereocenters. The molecular weight excluding hydrogens is 266 g/mol. The zero-order valence-electron chi connectivity index (χ0n) is 11.3. The van der Waals surface area contributed by atoms with E-state index in [2.05, 4.69) is 5.32 Å². The molecule has 3 amide bonds. The van der Waals surface area contributed by atoms with E-state index < -0.39 is 11.9 Å². The summed E-state index contributed by atoms with van der Waals surface area (Å²) in [4.78, 5) is 25.6. The highest BCUT2D eigenvalue weighted by Crippen LogP contribution is 2.32. The van der Waals surface area contributed by atoms with Crippen LogP contribution < -0.4 is 16.0 Å². The van der Waals surface area contributed by atoms with E-state index in [-0.39, 0.29) is 6.03 Å². The molecule has 0 fully saturated rings. The first kappa shape index (κ1) is 13.2. The quantitative estimate of drug-likeness (QED) is 0.884. The Morgan fingerprint density at radius 2 is 1.71 bits per heavy atom. The number of carbonyl (C=O) groups is 2. The van der Waals surface area contributed by atoms with Crippen LogP contribution in [0.4, 0.5) is 16.2 Å². The van der Waals surface area contributed by atoms with Crippen LogP contribution in [0.25, 0.3) is 0 Å². The molecule has 2 aromatic carbocycles. The molecule has 2 aromatic rings. The molecule has 0 saturated heterocycles. The van der Waals surface area contributed by atoms with Gasteiger partial charge in [0.2, 0.25) is 5.91 Å². The molecule has 0 spiro atoms. The van der Waals surface area contributed by atoms with Gasteiger partial charge in [0.1, 0.15) is 6.04 Å². The molecule has 5 nitrogen and oxygen atoms in total. The van der Waals surface area contributed by atoms with Crippen molar-refractivity contribution in [2.75, 3.05) is 10.2 Å². The zero-order chi connectivity index (χ0) is 14.8. The minimum atomic E-state index is -0.647. The van der Waals surface area contributed by atoms with Gasteiger partial charge in [-0.15, -0.1) is 0 Å². The largest absolute Gasteiger partial charge is 0.368 e. The van der Waals surface area contributed by atoms with Crippen LogP contribution in [0, 0.1) is 0 Å². The van der Waals surface area contributed by atoms with Gasteiger partial charge in [-0.3, -0.25) is 9.69 Å². The van der Waals surface area contributed by atoms with E-state index in [0.29, 0.717) is 12.1 Å². The average Bonchev–Trinajstić information content (AvgIpc) is 2.88. The predicted octanol–water partition coefficient (Wildman–Crippen LogP) is 2.14. The van der Waals surface area contributed by atoms with E-state index in [1.165, 1.54) is 4.90 Å². The van der Waals surface area contributed by atoms with Gasteiger partial charge in [-0.1, -0.05) is 36.4 Å². The van der Waals surface area contributed by atoms with E-state index in [9.17, 15) is 9.59 Å². The average molecular weight is 281 g/mol. The number of fused-ring (bicyclic) bond motifs is 1. The highest BCUT2D eigenvalue weighted by atomic mass is 16.2. The van der Waals surface area contributed by atoms with Crippen molar-refractivity contribution in [3.05, 3.63) is 60.2 Å². The minimum Gasteiger partial charge on any atom is -0.368 e. The van der Waals surface area contributed by atoms with Crippen molar-refractivity contribution < 1.29 is 9.59 Å². The monoisotopic (exact) mass is 281 g/mol. The Hall–Kier alpha value is -2.82. The Morgan fingerprint density at radius 3 is 2.43 bits per heavy atom. The van der Waals surface area contributed by atoms with Crippen LogP contribution in [0.1, 0.15) is 5.56 Å². The van der Waals surface area contributed by atoms with Crippen LogP contribution in [-0.4, -0.2) is 18.0 Å². The van der Waals surface area contributed by atoms with Crippen LogP contribution >= 0.6 is 0 Å². The lowest BCUT2D eigenvalue weighted by Gasteiger charge is -2.23. The fourth-order valence-electron chi connectivity index (χ4n) is 2.57. The van der Waals surface area contributed by atoms with Gasteiger partial charge >= 0.3 is 6.03 Å². The lowest BCUT2D eigenvalue weighted by atomic mass is 10.1. The van der Waals surface area contributed by atoms with Crippen molar-refractivity contribution in [1.29, 1.82) is 0 Å². The van der Waals surface area contributed by atoms with Gasteiger partial charge in [-0.2, -0.15) is 0 Å². The number of hydrogen-bond acceptors (Lipinski definition) is 2. The molecule has 1 aliphatic heterocycles. The standard InChI is InChI=1S/C16H15N3O2/c17-15(20)14-10-11-6-4-5-9-13(11)19(14)16(21)18-12-7-2-1-3-8-12/h1-9,14H,10H2,(H2,17,20)(H,18,21)/t14-/m1/s1. The maximum atomic E-state index is 12.5. The Balaban J connectivity index is 1.91. The highest BCUT2D eigenvalue weighted by molar-refractivity contribution is 6.08. The summed E-state index contributed by atoms with van der Waals surface area (Å²) < 4.78 is 0. The number of para-hydroxylation sites is 2. The van der Waals surface area contributed by atoms with E-state index in [1.54, 1.807) is 12.1 Å². The van der Waals surface area contributed by atoms with Crippen LogP contribution in [0.2, 0.25) is 0 Å². The number of amides is 3. The first-order valence-corrected chi connectivity index (χ1v) is 6.69. The Kier molecular flexibility index (Phi) is 3.31. The van der Waals surface area contributed by atoms with Crippen LogP contribution in [0.5, 0.6) is 0 Å². The number of hydrogen-bond donors (Lipinski definition) is 2. The van der Waals surface area contributed by atoms with Crippen LogP contribution in [-0.2, 0) is 11.2 Å². The summed E-state index contributed by atoms with van der Waals surface area (Å²) in [6.07, 6.45) is 0.452. The van der Waals surface area contributed by atoms with Crippen LogP contribution in [0.3, 0.4) is 0 Å². The molecule has 106 valence electrons. The van der Waals surface area contributed by atoms with Gasteiger partial charge in [0.05, 0.1) is 0 Å². The number of carbonyl (C=O) groups excluding carboxylic acids is 2. The normalized spacial score (nSPS) is 16.4. The number of anilines is 2. The predicted molar refractivity (Wildman–Crippen MR) is 81.1 cm³/mol. The summed E-state index contributed by atoms with van der Waals surface area (Å²) in [5.74, 6) is -0.505. The second-order valence-electron chi connectivity index (χ2n) is 4.92. The van der Waals surface area contributed by atoms with Gasteiger partial charge in [0.15, 0.2) is 0 Å². The van der Waals surface area contributed by atoms with E-state index in [0.717, 1.165) is 11.3 Å². The summed E-state index contributed by atoms with van der Waals surface area (Å²) in [6, 6.07) is 15.6. The fourth-order valence-corrected chi connectivity index (χ4v) is 2.57. The third-order valence-corrected chi connectivity index (χ3v) is 3.55. The number of primary amides is 1. The summed E-state index contributed by atoms with van der Waals surface area (Å²) in [5, 5.41) is 2.79. The summed E-state index contributed by atoms with van der Waals surface area (Å²) in [6.45, 7) is 0. The molecular formula is C16H15N3O2. The summed E-state index contributed by atoms with van der Waals surface area (Å²) in [7, 11) is 0. The SMILES string of the molecule is NC(=O)[C@H]1Cc2ccccc2N1C(=O)Nc1ccccc1. The van der Waals surface area contributed by atoms with Gasteiger partial charge in [-0.25, -0.2) is 4.79 Å². The van der Waals surface area contributed by atoms with E-state index in [4.69, 9.17) is 5.73 Å². The lowest BCUT2D eigenvalue weighted by Crippen LogP contribution is -2.47. The first-order chi connectivity index (χ1) is 10.2. The number of nitrogens with one attached hydrogen (secondary N) is 1. The third-order valence-electron chi connectivity index (χ3n) is 3.55. The van der Waals surface area contributed by atoms with Crippen molar-refractivity contribution in [2.24, 2.45) is 5.73 Å². The molecule has 5 heteroatoms. The molecule has 3 rings (SSSR count). The maximum Gasteiger partial charge on any atom is 0.327 e. The Morgan fingerprint density at radius 1 is 1.05 bits per heavy atom. The van der Waals surface area contributed by atoms with E-state index in [1.807, 2.05) is 42.5 Å². The molecule has 21 heavy (non-hydrogen) atoms. The van der Waals surface area contributed by atoms with Gasteiger partial charge in [0, 0.05) is 17.8 Å². The number of nitrogens with two attached hydrogens (primary N) is 1. The Bertz CT molecular complexity index is 685. The molecule has 1 heterocycles. The molecule has 1 aliphatic rings. The van der Waals surface area contributed by atoms with Crippen molar-refractivity contribution in [3.63, 3.8) is 0 Å².